The molecule has 2 saturated heterocycles. The molecule has 0 aliphatic carbocycles. The standard InChI is InChI=1S/C15H23BrN4/c16-14-1-2-15(18-11-14)20-9-7-19(8-10-20)12-13-3-5-17-6-4-13/h1-2,11,13,17H,3-10,12H2. The van der Waals surface area contributed by atoms with E-state index in [9.17, 15) is 0 Å². The number of anilines is 1. The number of aromatic nitrogens is 1. The van der Waals surface area contributed by atoms with Crippen LogP contribution in [0.1, 0.15) is 12.8 Å². The summed E-state index contributed by atoms with van der Waals surface area (Å²) in [6, 6.07) is 4.18. The van der Waals surface area contributed by atoms with Crippen LogP contribution in [0.4, 0.5) is 5.82 Å². The number of piperazine rings is 1. The summed E-state index contributed by atoms with van der Waals surface area (Å²) in [6.45, 7) is 8.22. The molecule has 0 bridgehead atoms. The maximum atomic E-state index is 4.49. The lowest BCUT2D eigenvalue weighted by molar-refractivity contribution is 0.196. The number of nitrogens with zero attached hydrogens (tertiary/aromatic N) is 3. The SMILES string of the molecule is Brc1ccc(N2CCN(CC3CCNCC3)CC2)nc1. The second-order valence-electron chi connectivity index (χ2n) is 5.82. The highest BCUT2D eigenvalue weighted by Gasteiger charge is 2.21. The molecule has 0 unspecified atom stereocenters. The number of hydrogen-bond donors (Lipinski definition) is 1. The number of halogens is 1. The maximum absolute atomic E-state index is 4.49. The fraction of sp³-hybridized carbons (Fsp3) is 0.667. The molecule has 3 rings (SSSR count). The smallest absolute Gasteiger partial charge is 0.128 e. The minimum atomic E-state index is 0.897. The van der Waals surface area contributed by atoms with E-state index in [1.807, 2.05) is 6.20 Å². The van der Waals surface area contributed by atoms with Crippen LogP contribution in [0.2, 0.25) is 0 Å². The van der Waals surface area contributed by atoms with Gasteiger partial charge in [-0.2, -0.15) is 0 Å². The van der Waals surface area contributed by atoms with Crippen molar-refractivity contribution in [2.75, 3.05) is 50.7 Å². The molecular weight excluding hydrogens is 316 g/mol. The lowest BCUT2D eigenvalue weighted by Gasteiger charge is -2.37. The van der Waals surface area contributed by atoms with Crippen molar-refractivity contribution in [2.24, 2.45) is 5.92 Å². The Hall–Kier alpha value is -0.650. The molecular formula is C15H23BrN4. The molecule has 3 heterocycles. The van der Waals surface area contributed by atoms with Gasteiger partial charge in [0.05, 0.1) is 0 Å². The van der Waals surface area contributed by atoms with Crippen LogP contribution in [0.25, 0.3) is 0 Å². The Morgan fingerprint density at radius 2 is 1.90 bits per heavy atom. The first-order chi connectivity index (χ1) is 9.81. The quantitative estimate of drug-likeness (QED) is 0.912. The van der Waals surface area contributed by atoms with Crippen LogP contribution in [-0.4, -0.2) is 55.7 Å². The molecule has 5 heteroatoms. The summed E-state index contributed by atoms with van der Waals surface area (Å²) < 4.78 is 1.05. The highest BCUT2D eigenvalue weighted by Crippen LogP contribution is 2.18. The highest BCUT2D eigenvalue weighted by atomic mass is 79.9. The maximum Gasteiger partial charge on any atom is 0.128 e. The van der Waals surface area contributed by atoms with Crippen molar-refractivity contribution in [3.63, 3.8) is 0 Å². The van der Waals surface area contributed by atoms with Gasteiger partial charge in [-0.15, -0.1) is 0 Å². The number of nitrogens with one attached hydrogen (secondary N) is 1. The van der Waals surface area contributed by atoms with Gasteiger partial charge in [0.15, 0.2) is 0 Å². The molecule has 0 radical (unpaired) electrons. The number of piperidine rings is 1. The summed E-state index contributed by atoms with van der Waals surface area (Å²) in [5.74, 6) is 2.00. The Kier molecular flexibility index (Phi) is 4.91. The zero-order valence-corrected chi connectivity index (χ0v) is 13.5. The van der Waals surface area contributed by atoms with E-state index in [-0.39, 0.29) is 0 Å². The van der Waals surface area contributed by atoms with Crippen molar-refractivity contribution >= 4 is 21.7 Å². The Morgan fingerprint density at radius 3 is 2.55 bits per heavy atom. The van der Waals surface area contributed by atoms with Gasteiger partial charge in [-0.05, 0) is 59.9 Å². The predicted octanol–water partition coefficient (Wildman–Crippen LogP) is 1.97. The summed E-state index contributed by atoms with van der Waals surface area (Å²) in [4.78, 5) is 9.52. The van der Waals surface area contributed by atoms with Gasteiger partial charge in [0, 0.05) is 43.4 Å². The number of pyridine rings is 1. The first-order valence-corrected chi connectivity index (χ1v) is 8.40. The summed E-state index contributed by atoms with van der Waals surface area (Å²) in [5, 5.41) is 3.45. The molecule has 0 aromatic carbocycles. The summed E-state index contributed by atoms with van der Waals surface area (Å²) in [7, 11) is 0. The van der Waals surface area contributed by atoms with Crippen molar-refractivity contribution in [2.45, 2.75) is 12.8 Å². The molecule has 2 aliphatic heterocycles. The van der Waals surface area contributed by atoms with Gasteiger partial charge in [0.1, 0.15) is 5.82 Å². The Labute approximate surface area is 129 Å². The lowest BCUT2D eigenvalue weighted by Crippen LogP contribution is -2.48. The summed E-state index contributed by atoms with van der Waals surface area (Å²) in [5.41, 5.74) is 0. The Balaban J connectivity index is 1.47. The van der Waals surface area contributed by atoms with Gasteiger partial charge in [-0.1, -0.05) is 0 Å². The third kappa shape index (κ3) is 3.71. The molecule has 4 nitrogen and oxygen atoms in total. The first-order valence-electron chi connectivity index (χ1n) is 7.61. The molecule has 0 spiro atoms. The van der Waals surface area contributed by atoms with E-state index >= 15 is 0 Å². The first kappa shape index (κ1) is 14.3. The molecule has 1 aromatic rings. The van der Waals surface area contributed by atoms with E-state index in [4.69, 9.17) is 0 Å². The van der Waals surface area contributed by atoms with Crippen molar-refractivity contribution in [3.05, 3.63) is 22.8 Å². The second kappa shape index (κ2) is 6.87. The van der Waals surface area contributed by atoms with Crippen molar-refractivity contribution in [1.82, 2.24) is 15.2 Å². The van der Waals surface area contributed by atoms with Crippen LogP contribution in [0.15, 0.2) is 22.8 Å². The molecule has 1 aromatic heterocycles. The van der Waals surface area contributed by atoms with Crippen molar-refractivity contribution in [1.29, 1.82) is 0 Å². The van der Waals surface area contributed by atoms with E-state index in [1.54, 1.807) is 0 Å². The van der Waals surface area contributed by atoms with E-state index in [2.05, 4.69) is 48.2 Å². The largest absolute Gasteiger partial charge is 0.354 e. The third-order valence-electron chi connectivity index (χ3n) is 4.38. The monoisotopic (exact) mass is 338 g/mol. The Morgan fingerprint density at radius 1 is 1.15 bits per heavy atom. The normalized spacial score (nSPS) is 22.1. The van der Waals surface area contributed by atoms with Gasteiger partial charge in [-0.25, -0.2) is 4.98 Å². The zero-order chi connectivity index (χ0) is 13.8. The number of rotatable bonds is 3. The minimum Gasteiger partial charge on any atom is -0.354 e. The van der Waals surface area contributed by atoms with Gasteiger partial charge in [0.25, 0.3) is 0 Å². The molecule has 0 amide bonds. The van der Waals surface area contributed by atoms with Crippen LogP contribution in [-0.2, 0) is 0 Å². The van der Waals surface area contributed by atoms with E-state index < -0.39 is 0 Å². The molecule has 20 heavy (non-hydrogen) atoms. The van der Waals surface area contributed by atoms with Crippen molar-refractivity contribution < 1.29 is 0 Å². The van der Waals surface area contributed by atoms with Gasteiger partial charge in [-0.3, -0.25) is 4.90 Å². The number of hydrogen-bond acceptors (Lipinski definition) is 4. The van der Waals surface area contributed by atoms with Crippen LogP contribution < -0.4 is 10.2 Å². The van der Waals surface area contributed by atoms with Gasteiger partial charge >= 0.3 is 0 Å². The topological polar surface area (TPSA) is 31.4 Å². The van der Waals surface area contributed by atoms with Gasteiger partial charge in [0.2, 0.25) is 0 Å². The molecule has 0 saturated carbocycles. The van der Waals surface area contributed by atoms with Crippen LogP contribution in [0, 0.1) is 5.92 Å². The zero-order valence-electron chi connectivity index (χ0n) is 11.9. The van der Waals surface area contributed by atoms with Crippen LogP contribution in [0.3, 0.4) is 0 Å². The highest BCUT2D eigenvalue weighted by molar-refractivity contribution is 9.10. The average molecular weight is 339 g/mol. The fourth-order valence-corrected chi connectivity index (χ4v) is 3.38. The van der Waals surface area contributed by atoms with Crippen LogP contribution >= 0.6 is 15.9 Å². The predicted molar refractivity (Wildman–Crippen MR) is 86.2 cm³/mol. The summed E-state index contributed by atoms with van der Waals surface area (Å²) >= 11 is 3.44. The summed E-state index contributed by atoms with van der Waals surface area (Å²) in [6.07, 6.45) is 4.57. The van der Waals surface area contributed by atoms with Gasteiger partial charge < -0.3 is 10.2 Å². The molecule has 0 atom stereocenters. The van der Waals surface area contributed by atoms with E-state index in [1.165, 1.54) is 45.6 Å². The molecule has 2 fully saturated rings. The lowest BCUT2D eigenvalue weighted by atomic mass is 9.97. The molecule has 1 N–H and O–H groups in total. The fourth-order valence-electron chi connectivity index (χ4n) is 3.14. The third-order valence-corrected chi connectivity index (χ3v) is 4.85. The second-order valence-corrected chi connectivity index (χ2v) is 6.73. The molecule has 110 valence electrons. The van der Waals surface area contributed by atoms with Crippen molar-refractivity contribution in [3.8, 4) is 0 Å². The minimum absolute atomic E-state index is 0.897. The average Bonchev–Trinajstić information content (AvgIpc) is 2.50. The van der Waals surface area contributed by atoms with E-state index in [0.717, 1.165) is 29.3 Å². The Bertz CT molecular complexity index is 408. The van der Waals surface area contributed by atoms with Crippen LogP contribution in [0.5, 0.6) is 0 Å². The molecule has 2 aliphatic rings. The van der Waals surface area contributed by atoms with E-state index in [0.29, 0.717) is 0 Å².